The maximum absolute atomic E-state index is 4.61. The fourth-order valence-electron chi connectivity index (χ4n) is 22.3. The van der Waals surface area contributed by atoms with Gasteiger partial charge < -0.3 is 0 Å². The number of thiophene rings is 6. The second-order valence-corrected chi connectivity index (χ2v) is 42.4. The number of rotatable bonds is 0. The number of benzene rings is 12. The Bertz CT molecular complexity index is 11700. The Morgan fingerprint density at radius 3 is 0.965 bits per heavy atom. The highest BCUT2D eigenvalue weighted by molar-refractivity contribution is 7.28. The topological polar surface area (TPSA) is 181 Å². The zero-order valence-electron chi connectivity index (χ0n) is 75.6. The highest BCUT2D eigenvalue weighted by Gasteiger charge is 2.24. The molecule has 0 fully saturated rings. The van der Waals surface area contributed by atoms with Crippen LogP contribution in [-0.2, 0) is 0 Å². The first-order chi connectivity index (χ1) is 71.5. The number of pyridine rings is 12. The summed E-state index contributed by atoms with van der Waals surface area (Å²) < 4.78 is 29.0. The van der Waals surface area contributed by atoms with Crippen LogP contribution in [-0.4, -0.2) is 86.2 Å². The van der Waals surface area contributed by atoms with Crippen molar-refractivity contribution in [2.75, 3.05) is 0 Å². The summed E-state index contributed by atoms with van der Waals surface area (Å²) in [4.78, 5) is 53.6. The highest BCUT2D eigenvalue weighted by atomic mass is 32.1. The van der Waals surface area contributed by atoms with Crippen LogP contribution in [0.1, 0.15) is 0 Å². The number of hydrogen-bond acceptors (Lipinski definition) is 18. The molecule has 0 bridgehead atoms. The van der Waals surface area contributed by atoms with Crippen molar-refractivity contribution in [3.8, 4) is 0 Å². The third-order valence-corrected chi connectivity index (χ3v) is 35.4. The van der Waals surface area contributed by atoms with Gasteiger partial charge in [0.25, 0.3) is 0 Å². The summed E-state index contributed by atoms with van der Waals surface area (Å²) in [5.41, 5.74) is 13.1. The second-order valence-electron chi connectivity index (χ2n) is 35.9. The van der Waals surface area contributed by atoms with Gasteiger partial charge in [-0.1, -0.05) is 133 Å². The molecule has 0 aliphatic rings. The first kappa shape index (κ1) is 81.0. The Morgan fingerprint density at radius 1 is 0.153 bits per heavy atom. The normalized spacial score (nSPS) is 12.2. The third kappa shape index (κ3) is 12.1. The van der Waals surface area contributed by atoms with E-state index in [2.05, 4.69) is 329 Å². The minimum atomic E-state index is 0.985. The average molecular weight is 1950 g/mol. The van der Waals surface area contributed by atoms with Crippen LogP contribution in [0, 0.1) is 0 Å². The molecule has 0 saturated heterocycles. The van der Waals surface area contributed by atoms with Crippen molar-refractivity contribution in [2.45, 2.75) is 0 Å². The maximum atomic E-state index is 4.61. The maximum Gasteiger partial charge on any atom is 0.145 e. The lowest BCUT2D eigenvalue weighted by atomic mass is 10.0. The zero-order valence-corrected chi connectivity index (χ0v) is 80.5. The van der Waals surface area contributed by atoms with Crippen molar-refractivity contribution < 1.29 is 0 Å². The zero-order chi connectivity index (χ0) is 94.0. The van der Waals surface area contributed by atoms with Crippen LogP contribution >= 0.6 is 68.0 Å². The summed E-state index contributed by atoms with van der Waals surface area (Å²) in [5, 5.41) is 37.0. The van der Waals surface area contributed by atoms with E-state index in [0.717, 1.165) is 87.7 Å². The van der Waals surface area contributed by atoms with Crippen LogP contribution in [0.15, 0.2) is 404 Å². The van der Waals surface area contributed by atoms with E-state index in [4.69, 9.17) is 0 Å². The van der Waals surface area contributed by atoms with Gasteiger partial charge in [-0.3, -0.25) is 56.3 Å². The Labute approximate surface area is 835 Å². The summed E-state index contributed by atoms with van der Waals surface area (Å²) in [5.74, 6) is 0. The van der Waals surface area contributed by atoms with Gasteiger partial charge >= 0.3 is 0 Å². The number of hydrogen-bond donors (Lipinski definition) is 0. The first-order valence-corrected chi connectivity index (χ1v) is 52.0. The first-order valence-electron chi connectivity index (χ1n) is 47.1. The number of fused-ring (bicyclic) bond motifs is 58. The van der Waals surface area contributed by atoms with Gasteiger partial charge in [0.1, 0.15) is 33.9 Å². The summed E-state index contributed by atoms with van der Waals surface area (Å²) in [6.45, 7) is 0. The number of imidazole rings is 6. The van der Waals surface area contributed by atoms with Crippen molar-refractivity contribution in [2.24, 2.45) is 0 Å². The SMILES string of the molecule is c1ccc2c(c1)sc1c2ccc2c1c1cnccc1c1nccn21.c1ccc2c(c1)sc1c2ccc2c3cnccc3c3nccn3c21.c1ccc2c(c1)sc1cc3c(cc12)c1cnccc1c1nccn31.c1ccc2c(c1)sc1cc3c4cnccc4c4nccn4c3cc12.c1ccc2c(c1)sc1ccc3c(c4cnccc4c4nccn34)c12.c1ccc2c(c1)sc1ccc3c4cnccc4c4nccn4c3c12. The molecule has 0 radical (unpaired) electrons. The third-order valence-electron chi connectivity index (χ3n) is 28.5. The van der Waals surface area contributed by atoms with E-state index in [1.54, 1.807) is 0 Å². The molecule has 18 nitrogen and oxygen atoms in total. The lowest BCUT2D eigenvalue weighted by Gasteiger charge is -2.09. The van der Waals surface area contributed by atoms with Gasteiger partial charge in [0.05, 0.1) is 37.8 Å². The molecule has 672 valence electrons. The van der Waals surface area contributed by atoms with Crippen molar-refractivity contribution >= 4 is 353 Å². The molecule has 24 heteroatoms. The quantitative estimate of drug-likeness (QED) is 0.131. The van der Waals surface area contributed by atoms with Gasteiger partial charge in [-0.05, 0) is 121 Å². The Morgan fingerprint density at radius 2 is 0.458 bits per heavy atom. The Kier molecular flexibility index (Phi) is 17.9. The molecule has 144 heavy (non-hydrogen) atoms. The molecule has 0 N–H and O–H groups in total. The molecule has 24 aromatic heterocycles. The van der Waals surface area contributed by atoms with Crippen molar-refractivity contribution in [3.05, 3.63) is 404 Å². The van der Waals surface area contributed by atoms with E-state index in [9.17, 15) is 0 Å². The monoisotopic (exact) mass is 1950 g/mol. The lowest BCUT2D eigenvalue weighted by molar-refractivity contribution is 1.27. The molecule has 12 aromatic carbocycles. The molecular formula is C120H66N18S6. The predicted octanol–water partition coefficient (Wildman–Crippen LogP) is 32.4. The van der Waals surface area contributed by atoms with Gasteiger partial charge in [0.15, 0.2) is 0 Å². The average Bonchev–Trinajstić information content (AvgIpc) is 1.50. The summed E-state index contributed by atoms with van der Waals surface area (Å²) in [6, 6.07) is 91.0. The largest absolute Gasteiger partial charge is 0.299 e. The minimum absolute atomic E-state index is 0.985. The summed E-state index contributed by atoms with van der Waals surface area (Å²) >= 11 is 11.1. The molecule has 36 rings (SSSR count). The van der Waals surface area contributed by atoms with E-state index in [1.165, 1.54) is 197 Å². The fourth-order valence-corrected chi connectivity index (χ4v) is 29.3. The molecule has 0 aliphatic carbocycles. The van der Waals surface area contributed by atoms with Crippen LogP contribution in [0.2, 0.25) is 0 Å². The summed E-state index contributed by atoms with van der Waals surface area (Å²) in [6.07, 6.45) is 46.2. The number of nitrogens with zero attached hydrogens (tertiary/aromatic N) is 18. The number of aromatic nitrogens is 18. The molecular weight excluding hydrogens is 1890 g/mol. The standard InChI is InChI=1S/6C20H11N3S/c1-2-4-18-12(3-1)15-9-17-14(10-19(15)24-18)16-11-21-6-5-13(16)20-22-7-8-23(17)20;1-2-4-18-12(3-1)15-9-14-16-11-21-6-5-13(16)20-22-7-8-23(20)17(14)10-19(15)24-18;1-2-4-16-13(3-1)19-17(24-16)6-5-15-18(19)14-11-21-8-7-12(14)20-22-9-10-23(15)20;1-2-4-16-14(3-1)18-17(24-16)6-5-12-15-11-21-8-7-13(15)20-22-9-10-23(20)19(12)18;1-2-4-17-12(3-1)14-6-5-13-16-11-21-8-7-15(16)20-22-9-10-23(20)18(13)19(14)24-17;1-2-4-17-12(3-1)13-5-6-16-18(19(13)24-17)15-11-21-8-7-14(15)20-22-9-10-23(16)20/h6*1-11H. The van der Waals surface area contributed by atoms with Gasteiger partial charge in [0.2, 0.25) is 0 Å². The molecule has 0 amide bonds. The Hall–Kier alpha value is -17.9. The molecule has 0 spiro atoms. The van der Waals surface area contributed by atoms with Crippen LogP contribution in [0.5, 0.6) is 0 Å². The smallest absolute Gasteiger partial charge is 0.145 e. The van der Waals surface area contributed by atoms with Gasteiger partial charge in [-0.15, -0.1) is 68.0 Å². The molecule has 24 heterocycles. The van der Waals surface area contributed by atoms with E-state index in [-0.39, 0.29) is 0 Å². The Balaban J connectivity index is 0.0000000788. The van der Waals surface area contributed by atoms with E-state index < -0.39 is 0 Å². The summed E-state index contributed by atoms with van der Waals surface area (Å²) in [7, 11) is 0. The van der Waals surface area contributed by atoms with Crippen LogP contribution < -0.4 is 0 Å². The fraction of sp³-hybridized carbons (Fsp3) is 0. The van der Waals surface area contributed by atoms with Gasteiger partial charge in [0, 0.05) is 362 Å². The van der Waals surface area contributed by atoms with Crippen molar-refractivity contribution in [1.82, 2.24) is 86.2 Å². The molecule has 0 unspecified atom stereocenters. The second kappa shape index (κ2) is 31.8. The molecule has 0 aliphatic heterocycles. The van der Waals surface area contributed by atoms with Crippen molar-refractivity contribution in [1.29, 1.82) is 0 Å². The molecule has 36 aromatic rings. The van der Waals surface area contributed by atoms with E-state index in [1.807, 2.05) is 229 Å². The van der Waals surface area contributed by atoms with Crippen LogP contribution in [0.25, 0.3) is 285 Å². The van der Waals surface area contributed by atoms with E-state index >= 15 is 0 Å². The van der Waals surface area contributed by atoms with E-state index in [0.29, 0.717) is 0 Å². The highest BCUT2D eigenvalue weighted by Crippen LogP contribution is 2.49. The molecule has 0 atom stereocenters. The predicted molar refractivity (Wildman–Crippen MR) is 605 cm³/mol. The lowest BCUT2D eigenvalue weighted by Crippen LogP contribution is -1.91. The van der Waals surface area contributed by atoms with Crippen LogP contribution in [0.4, 0.5) is 0 Å². The molecule has 0 saturated carbocycles. The minimum Gasteiger partial charge on any atom is -0.299 e. The van der Waals surface area contributed by atoms with Gasteiger partial charge in [-0.2, -0.15) is 0 Å². The van der Waals surface area contributed by atoms with Gasteiger partial charge in [-0.25, -0.2) is 29.9 Å². The van der Waals surface area contributed by atoms with Crippen molar-refractivity contribution in [3.63, 3.8) is 0 Å². The van der Waals surface area contributed by atoms with Crippen LogP contribution in [0.3, 0.4) is 0 Å².